The van der Waals surface area contributed by atoms with Crippen LogP contribution >= 0.6 is 15.9 Å². The van der Waals surface area contributed by atoms with Gasteiger partial charge < -0.3 is 10.3 Å². The van der Waals surface area contributed by atoms with Gasteiger partial charge in [0.25, 0.3) is 0 Å². The Morgan fingerprint density at radius 2 is 1.90 bits per heavy atom. The zero-order chi connectivity index (χ0) is 21.6. The molecule has 30 heavy (non-hydrogen) atoms. The lowest BCUT2D eigenvalue weighted by Crippen LogP contribution is -2.09. The van der Waals surface area contributed by atoms with Crippen molar-refractivity contribution in [2.45, 2.75) is 10.6 Å². The minimum Gasteiger partial charge on any atom is -0.383 e. The molecule has 0 aliphatic rings. The fourth-order valence-corrected chi connectivity index (χ4v) is 5.10. The van der Waals surface area contributed by atoms with Gasteiger partial charge in [-0.15, -0.1) is 0 Å². The van der Waals surface area contributed by atoms with Crippen molar-refractivity contribution in [2.24, 2.45) is 7.05 Å². The number of aryl methyl sites for hydroxylation is 1. The maximum atomic E-state index is 15.4. The maximum Gasteiger partial charge on any atom is 0.185 e. The largest absolute Gasteiger partial charge is 0.383 e. The third kappa shape index (κ3) is 3.46. The zero-order valence-electron chi connectivity index (χ0n) is 15.6. The number of anilines is 1. The van der Waals surface area contributed by atoms with Crippen LogP contribution in [-0.2, 0) is 22.6 Å². The van der Waals surface area contributed by atoms with E-state index in [1.54, 1.807) is 23.9 Å². The molecule has 0 fully saturated rings. The average molecular weight is 493 g/mol. The first-order valence-electron chi connectivity index (χ1n) is 8.70. The number of rotatable bonds is 4. The Bertz CT molecular complexity index is 1400. The summed E-state index contributed by atoms with van der Waals surface area (Å²) in [6, 6.07) is 8.05. The summed E-state index contributed by atoms with van der Waals surface area (Å²) in [5.41, 5.74) is 7.01. The molecule has 10 heteroatoms. The number of nitrogens with zero attached hydrogens (tertiary/aromatic N) is 3. The summed E-state index contributed by atoms with van der Waals surface area (Å²) in [7, 11) is -2.38. The minimum absolute atomic E-state index is 0.0813. The number of hydrogen-bond acceptors (Lipinski definition) is 5. The van der Waals surface area contributed by atoms with Gasteiger partial charge in [0, 0.05) is 34.4 Å². The molecular formula is C20H15BrF2N4O2S. The van der Waals surface area contributed by atoms with Gasteiger partial charge in [0.05, 0.1) is 11.1 Å². The molecule has 0 spiro atoms. The SMILES string of the molecule is Cn1cc(-c2cccc(CS(=O)(=O)c3ccc(Br)cc3F)c2F)c2c(N)ncnc21. The highest BCUT2D eigenvalue weighted by atomic mass is 79.9. The van der Waals surface area contributed by atoms with Gasteiger partial charge in [-0.05, 0) is 18.2 Å². The van der Waals surface area contributed by atoms with E-state index in [0.717, 1.165) is 12.1 Å². The summed E-state index contributed by atoms with van der Waals surface area (Å²) in [4.78, 5) is 7.64. The number of benzene rings is 2. The second kappa shape index (κ2) is 7.44. The van der Waals surface area contributed by atoms with Crippen LogP contribution in [0.3, 0.4) is 0 Å². The van der Waals surface area contributed by atoms with Crippen molar-refractivity contribution >= 4 is 42.6 Å². The van der Waals surface area contributed by atoms with Crippen molar-refractivity contribution in [1.29, 1.82) is 0 Å². The Morgan fingerprint density at radius 1 is 1.13 bits per heavy atom. The molecule has 4 aromatic rings. The second-order valence-corrected chi connectivity index (χ2v) is 9.60. The molecular weight excluding hydrogens is 478 g/mol. The molecule has 0 amide bonds. The van der Waals surface area contributed by atoms with Gasteiger partial charge in [-0.2, -0.15) is 0 Å². The molecule has 0 saturated carbocycles. The van der Waals surface area contributed by atoms with Crippen molar-refractivity contribution < 1.29 is 17.2 Å². The van der Waals surface area contributed by atoms with Crippen LogP contribution in [0.25, 0.3) is 22.2 Å². The lowest BCUT2D eigenvalue weighted by atomic mass is 10.0. The lowest BCUT2D eigenvalue weighted by Gasteiger charge is -2.10. The monoisotopic (exact) mass is 492 g/mol. The Kier molecular flexibility index (Phi) is 5.07. The van der Waals surface area contributed by atoms with E-state index in [-0.39, 0.29) is 16.9 Å². The van der Waals surface area contributed by atoms with Crippen LogP contribution in [-0.4, -0.2) is 23.0 Å². The van der Waals surface area contributed by atoms with Gasteiger partial charge in [-0.25, -0.2) is 27.2 Å². The van der Waals surface area contributed by atoms with Gasteiger partial charge in [0.15, 0.2) is 9.84 Å². The van der Waals surface area contributed by atoms with Crippen LogP contribution in [0.4, 0.5) is 14.6 Å². The van der Waals surface area contributed by atoms with E-state index in [0.29, 0.717) is 21.1 Å². The molecule has 0 aliphatic heterocycles. The highest BCUT2D eigenvalue weighted by Gasteiger charge is 2.24. The lowest BCUT2D eigenvalue weighted by molar-refractivity contribution is 0.563. The molecule has 4 rings (SSSR count). The fraction of sp³-hybridized carbons (Fsp3) is 0.100. The second-order valence-electron chi connectivity index (χ2n) is 6.72. The molecule has 0 saturated heterocycles. The van der Waals surface area contributed by atoms with Crippen LogP contribution in [0, 0.1) is 11.6 Å². The number of halogens is 3. The van der Waals surface area contributed by atoms with E-state index in [1.165, 1.54) is 24.5 Å². The van der Waals surface area contributed by atoms with Crippen LogP contribution < -0.4 is 5.73 Å². The van der Waals surface area contributed by atoms with E-state index >= 15 is 4.39 Å². The summed E-state index contributed by atoms with van der Waals surface area (Å²) in [5, 5.41) is 0.470. The molecule has 6 nitrogen and oxygen atoms in total. The predicted octanol–water partition coefficient (Wildman–Crippen LogP) is 4.23. The van der Waals surface area contributed by atoms with Crippen molar-refractivity contribution in [3.05, 3.63) is 70.6 Å². The Labute approximate surface area is 179 Å². The first-order valence-corrected chi connectivity index (χ1v) is 11.1. The van der Waals surface area contributed by atoms with Gasteiger partial charge >= 0.3 is 0 Å². The quantitative estimate of drug-likeness (QED) is 0.460. The molecule has 0 atom stereocenters. The van der Waals surface area contributed by atoms with Crippen LogP contribution in [0.5, 0.6) is 0 Å². The molecule has 2 heterocycles. The van der Waals surface area contributed by atoms with E-state index in [1.807, 2.05) is 0 Å². The number of sulfone groups is 1. The van der Waals surface area contributed by atoms with Crippen molar-refractivity contribution in [3.8, 4) is 11.1 Å². The minimum atomic E-state index is -4.12. The summed E-state index contributed by atoms with van der Waals surface area (Å²) >= 11 is 3.09. The molecule has 2 aromatic heterocycles. The molecule has 2 aromatic carbocycles. The third-order valence-electron chi connectivity index (χ3n) is 4.73. The summed E-state index contributed by atoms with van der Waals surface area (Å²) < 4.78 is 57.1. The first kappa shape index (κ1) is 20.4. The van der Waals surface area contributed by atoms with Crippen molar-refractivity contribution in [1.82, 2.24) is 14.5 Å². The Balaban J connectivity index is 1.82. The van der Waals surface area contributed by atoms with Gasteiger partial charge in [-0.1, -0.05) is 34.1 Å². The number of hydrogen-bond donors (Lipinski definition) is 1. The molecule has 2 N–H and O–H groups in total. The standard InChI is InChI=1S/C20H15BrF2N4O2S/c1-27-8-14(17-19(24)25-10-26-20(17)27)13-4-2-3-11(18(13)23)9-30(28,29)16-6-5-12(21)7-15(16)22/h2-8,10H,9H2,1H3,(H2,24,25,26). The first-order chi connectivity index (χ1) is 14.2. The number of aromatic nitrogens is 3. The smallest absolute Gasteiger partial charge is 0.185 e. The van der Waals surface area contributed by atoms with Crippen molar-refractivity contribution in [2.75, 3.05) is 5.73 Å². The van der Waals surface area contributed by atoms with Gasteiger partial charge in [0.2, 0.25) is 0 Å². The van der Waals surface area contributed by atoms with Crippen molar-refractivity contribution in [3.63, 3.8) is 0 Å². The topological polar surface area (TPSA) is 90.9 Å². The summed E-state index contributed by atoms with van der Waals surface area (Å²) in [6.07, 6.45) is 2.97. The van der Waals surface area contributed by atoms with E-state index in [4.69, 9.17) is 5.73 Å². The van der Waals surface area contributed by atoms with E-state index < -0.39 is 32.1 Å². The number of nitrogen functional groups attached to an aromatic ring is 1. The maximum absolute atomic E-state index is 15.4. The molecule has 0 aliphatic carbocycles. The van der Waals surface area contributed by atoms with E-state index in [2.05, 4.69) is 25.9 Å². The molecule has 0 bridgehead atoms. The Hall–Kier alpha value is -2.85. The molecule has 0 unspecified atom stereocenters. The third-order valence-corrected chi connectivity index (χ3v) is 6.91. The van der Waals surface area contributed by atoms with Gasteiger partial charge in [-0.3, -0.25) is 0 Å². The Morgan fingerprint density at radius 3 is 2.63 bits per heavy atom. The van der Waals surface area contributed by atoms with Crippen LogP contribution in [0.1, 0.15) is 5.56 Å². The predicted molar refractivity (Wildman–Crippen MR) is 113 cm³/mol. The molecule has 0 radical (unpaired) electrons. The average Bonchev–Trinajstić information content (AvgIpc) is 3.01. The normalized spacial score (nSPS) is 11.9. The van der Waals surface area contributed by atoms with Crippen LogP contribution in [0.15, 0.2) is 58.3 Å². The number of nitrogens with two attached hydrogens (primary N) is 1. The van der Waals surface area contributed by atoms with Gasteiger partial charge in [0.1, 0.15) is 34.3 Å². The fourth-order valence-electron chi connectivity index (χ4n) is 3.35. The van der Waals surface area contributed by atoms with E-state index in [9.17, 15) is 12.8 Å². The summed E-state index contributed by atoms with van der Waals surface area (Å²) in [5.74, 6) is -2.14. The highest BCUT2D eigenvalue weighted by Crippen LogP contribution is 2.35. The highest BCUT2D eigenvalue weighted by molar-refractivity contribution is 9.10. The van der Waals surface area contributed by atoms with Crippen LogP contribution in [0.2, 0.25) is 0 Å². The summed E-state index contributed by atoms with van der Waals surface area (Å²) in [6.45, 7) is 0. The zero-order valence-corrected chi connectivity index (χ0v) is 18.0. The molecule has 154 valence electrons. The number of fused-ring (bicyclic) bond motifs is 1.